The largest absolute Gasteiger partial charge is 0.309 e. The number of nitrogens with zero attached hydrogens (tertiary/aromatic N) is 2. The lowest BCUT2D eigenvalue weighted by Crippen LogP contribution is -2.39. The Morgan fingerprint density at radius 3 is 2.76 bits per heavy atom. The van der Waals surface area contributed by atoms with Crippen LogP contribution in [-0.4, -0.2) is 21.6 Å². The number of imide groups is 1. The van der Waals surface area contributed by atoms with Gasteiger partial charge in [0, 0.05) is 31.9 Å². The number of aromatic nitrogens is 2. The predicted octanol–water partition coefficient (Wildman–Crippen LogP) is 0.697. The van der Waals surface area contributed by atoms with Crippen LogP contribution < -0.4 is 10.6 Å². The molecule has 0 aliphatic carbocycles. The van der Waals surface area contributed by atoms with E-state index in [1.807, 2.05) is 11.7 Å². The Morgan fingerprint density at radius 1 is 1.24 bits per heavy atom. The number of amides is 2. The fourth-order valence-electron chi connectivity index (χ4n) is 3.29. The average Bonchev–Trinajstić information content (AvgIpc) is 3.02. The summed E-state index contributed by atoms with van der Waals surface area (Å²) in [4.78, 5) is 23.4. The molecule has 21 heavy (non-hydrogen) atoms. The standard InChI is InChI=1S/C15H16N4O2/c1-19-12-5-9-7-16-6-8(9)4-11(12)14(18-19)10-2-3-13(20)17-15(10)21/h4-5,10,16H,2-3,6-7H2,1H3,(H,17,20,21). The summed E-state index contributed by atoms with van der Waals surface area (Å²) in [5.41, 5.74) is 4.38. The molecule has 2 N–H and O–H groups in total. The molecule has 1 aromatic heterocycles. The highest BCUT2D eigenvalue weighted by Gasteiger charge is 2.32. The summed E-state index contributed by atoms with van der Waals surface area (Å²) in [6.45, 7) is 1.74. The molecule has 1 saturated heterocycles. The number of hydrogen-bond acceptors (Lipinski definition) is 4. The van der Waals surface area contributed by atoms with Crippen molar-refractivity contribution in [2.24, 2.45) is 7.05 Å². The molecule has 6 nitrogen and oxygen atoms in total. The number of rotatable bonds is 1. The van der Waals surface area contributed by atoms with Gasteiger partial charge < -0.3 is 5.32 Å². The maximum absolute atomic E-state index is 12.1. The van der Waals surface area contributed by atoms with Crippen LogP contribution in [0.1, 0.15) is 35.6 Å². The smallest absolute Gasteiger partial charge is 0.235 e. The number of benzene rings is 1. The quantitative estimate of drug-likeness (QED) is 0.756. The minimum absolute atomic E-state index is 0.193. The summed E-state index contributed by atoms with van der Waals surface area (Å²) in [7, 11) is 1.90. The van der Waals surface area contributed by atoms with Gasteiger partial charge in [-0.05, 0) is 29.7 Å². The molecule has 108 valence electrons. The maximum Gasteiger partial charge on any atom is 0.235 e. The number of carbonyl (C=O) groups is 2. The topological polar surface area (TPSA) is 76.0 Å². The third-order valence-corrected chi connectivity index (χ3v) is 4.40. The number of hydrogen-bond donors (Lipinski definition) is 2. The third-order valence-electron chi connectivity index (χ3n) is 4.40. The first-order chi connectivity index (χ1) is 10.1. The van der Waals surface area contributed by atoms with Gasteiger partial charge in [-0.15, -0.1) is 0 Å². The highest BCUT2D eigenvalue weighted by atomic mass is 16.2. The van der Waals surface area contributed by atoms with Crippen LogP contribution >= 0.6 is 0 Å². The molecule has 2 amide bonds. The predicted molar refractivity (Wildman–Crippen MR) is 76.4 cm³/mol. The van der Waals surface area contributed by atoms with E-state index in [1.54, 1.807) is 0 Å². The van der Waals surface area contributed by atoms with Gasteiger partial charge in [-0.3, -0.25) is 19.6 Å². The Hall–Kier alpha value is -2.21. The number of nitrogens with one attached hydrogen (secondary N) is 2. The first-order valence-electron chi connectivity index (χ1n) is 7.16. The van der Waals surface area contributed by atoms with Crippen LogP contribution in [0.4, 0.5) is 0 Å². The van der Waals surface area contributed by atoms with Crippen molar-refractivity contribution in [3.63, 3.8) is 0 Å². The molecular weight excluding hydrogens is 268 g/mol. The number of aryl methyl sites for hydroxylation is 1. The van der Waals surface area contributed by atoms with Gasteiger partial charge in [0.15, 0.2) is 0 Å². The molecule has 2 aromatic rings. The van der Waals surface area contributed by atoms with E-state index in [9.17, 15) is 9.59 Å². The maximum atomic E-state index is 12.1. The SMILES string of the molecule is Cn1nc(C2CCC(=O)NC2=O)c2cc3c(cc21)CNC3. The van der Waals surface area contributed by atoms with Crippen molar-refractivity contribution < 1.29 is 9.59 Å². The highest BCUT2D eigenvalue weighted by Crippen LogP contribution is 2.32. The van der Waals surface area contributed by atoms with E-state index in [1.165, 1.54) is 11.1 Å². The highest BCUT2D eigenvalue weighted by molar-refractivity contribution is 6.02. The van der Waals surface area contributed by atoms with Crippen molar-refractivity contribution in [1.82, 2.24) is 20.4 Å². The second-order valence-corrected chi connectivity index (χ2v) is 5.75. The van der Waals surface area contributed by atoms with E-state index >= 15 is 0 Å². The van der Waals surface area contributed by atoms with E-state index in [-0.39, 0.29) is 17.7 Å². The van der Waals surface area contributed by atoms with E-state index in [0.29, 0.717) is 12.8 Å². The molecule has 3 heterocycles. The Morgan fingerprint density at radius 2 is 2.00 bits per heavy atom. The lowest BCUT2D eigenvalue weighted by atomic mass is 9.92. The molecule has 6 heteroatoms. The Balaban J connectivity index is 1.85. The molecule has 2 aliphatic rings. The molecule has 0 spiro atoms. The molecule has 1 aromatic carbocycles. The second kappa shape index (κ2) is 4.39. The molecule has 2 aliphatic heterocycles. The van der Waals surface area contributed by atoms with Crippen LogP contribution in [0.25, 0.3) is 10.9 Å². The van der Waals surface area contributed by atoms with Crippen molar-refractivity contribution in [1.29, 1.82) is 0 Å². The second-order valence-electron chi connectivity index (χ2n) is 5.75. The number of fused-ring (bicyclic) bond motifs is 2. The molecule has 1 fully saturated rings. The lowest BCUT2D eigenvalue weighted by molar-refractivity contribution is -0.134. The van der Waals surface area contributed by atoms with Crippen molar-refractivity contribution in [2.75, 3.05) is 0 Å². The van der Waals surface area contributed by atoms with E-state index < -0.39 is 0 Å². The Kier molecular flexibility index (Phi) is 2.62. The van der Waals surface area contributed by atoms with Crippen LogP contribution in [0.3, 0.4) is 0 Å². The van der Waals surface area contributed by atoms with Gasteiger partial charge in [0.05, 0.1) is 17.1 Å². The first-order valence-corrected chi connectivity index (χ1v) is 7.16. The molecule has 0 saturated carbocycles. The number of piperidine rings is 1. The Bertz CT molecular complexity index is 778. The zero-order chi connectivity index (χ0) is 14.6. The summed E-state index contributed by atoms with van der Waals surface area (Å²) in [6, 6.07) is 4.28. The molecule has 0 radical (unpaired) electrons. The summed E-state index contributed by atoms with van der Waals surface area (Å²) in [6.07, 6.45) is 0.910. The summed E-state index contributed by atoms with van der Waals surface area (Å²) in [5.74, 6) is -0.759. The minimum Gasteiger partial charge on any atom is -0.309 e. The summed E-state index contributed by atoms with van der Waals surface area (Å²) in [5, 5.41) is 11.3. The minimum atomic E-state index is -0.334. The summed E-state index contributed by atoms with van der Waals surface area (Å²) >= 11 is 0. The van der Waals surface area contributed by atoms with Crippen molar-refractivity contribution in [3.05, 3.63) is 29.0 Å². The molecule has 1 unspecified atom stereocenters. The van der Waals surface area contributed by atoms with Crippen LogP contribution in [-0.2, 0) is 29.7 Å². The van der Waals surface area contributed by atoms with Gasteiger partial charge >= 0.3 is 0 Å². The van der Waals surface area contributed by atoms with Crippen LogP contribution in [0, 0.1) is 0 Å². The van der Waals surface area contributed by atoms with E-state index in [0.717, 1.165) is 29.7 Å². The van der Waals surface area contributed by atoms with Crippen molar-refractivity contribution in [2.45, 2.75) is 31.8 Å². The zero-order valence-corrected chi connectivity index (χ0v) is 11.8. The van der Waals surface area contributed by atoms with Gasteiger partial charge in [-0.25, -0.2) is 0 Å². The molecule has 4 rings (SSSR count). The molecular formula is C15H16N4O2. The lowest BCUT2D eigenvalue weighted by Gasteiger charge is -2.19. The number of carbonyl (C=O) groups excluding carboxylic acids is 2. The van der Waals surface area contributed by atoms with Crippen LogP contribution in [0.2, 0.25) is 0 Å². The normalized spacial score (nSPS) is 21.7. The summed E-state index contributed by atoms with van der Waals surface area (Å²) < 4.78 is 1.83. The van der Waals surface area contributed by atoms with E-state index in [2.05, 4.69) is 27.9 Å². The van der Waals surface area contributed by atoms with Gasteiger partial charge in [0.1, 0.15) is 0 Å². The monoisotopic (exact) mass is 284 g/mol. The van der Waals surface area contributed by atoms with Gasteiger partial charge in [-0.1, -0.05) is 0 Å². The molecule has 0 bridgehead atoms. The van der Waals surface area contributed by atoms with Crippen molar-refractivity contribution >= 4 is 22.7 Å². The van der Waals surface area contributed by atoms with Gasteiger partial charge in [0.2, 0.25) is 11.8 Å². The first kappa shape index (κ1) is 12.5. The van der Waals surface area contributed by atoms with Gasteiger partial charge in [-0.2, -0.15) is 5.10 Å². The van der Waals surface area contributed by atoms with E-state index in [4.69, 9.17) is 0 Å². The molecule has 1 atom stereocenters. The van der Waals surface area contributed by atoms with Crippen LogP contribution in [0.15, 0.2) is 12.1 Å². The van der Waals surface area contributed by atoms with Gasteiger partial charge in [0.25, 0.3) is 0 Å². The fourth-order valence-corrected chi connectivity index (χ4v) is 3.29. The zero-order valence-electron chi connectivity index (χ0n) is 11.8. The third kappa shape index (κ3) is 1.86. The van der Waals surface area contributed by atoms with Crippen molar-refractivity contribution in [3.8, 4) is 0 Å². The van der Waals surface area contributed by atoms with Crippen LogP contribution in [0.5, 0.6) is 0 Å². The average molecular weight is 284 g/mol. The fraction of sp³-hybridized carbons (Fsp3) is 0.400. The Labute approximate surface area is 121 Å².